The largest absolute Gasteiger partial charge is 0.491 e. The summed E-state index contributed by atoms with van der Waals surface area (Å²) in [6, 6.07) is 16.4. The van der Waals surface area contributed by atoms with Crippen molar-refractivity contribution in [2.45, 2.75) is 13.3 Å². The summed E-state index contributed by atoms with van der Waals surface area (Å²) in [5.41, 5.74) is 1.85. The Labute approximate surface area is 189 Å². The highest BCUT2D eigenvalue weighted by atomic mass is 16.5. The molecule has 1 aliphatic heterocycles. The van der Waals surface area contributed by atoms with Crippen LogP contribution in [0.3, 0.4) is 0 Å². The molecule has 7 nitrogen and oxygen atoms in total. The molecule has 170 valence electrons. The first kappa shape index (κ1) is 23.5. The topological polar surface area (TPSA) is 68.3 Å². The smallest absolute Gasteiger partial charge is 0.282 e. The zero-order chi connectivity index (χ0) is 22.9. The van der Waals surface area contributed by atoms with Gasteiger partial charge >= 0.3 is 0 Å². The van der Waals surface area contributed by atoms with E-state index in [1.165, 1.54) is 4.90 Å². The number of para-hydroxylation sites is 2. The van der Waals surface area contributed by atoms with E-state index < -0.39 is 0 Å². The zero-order valence-electron chi connectivity index (χ0n) is 18.9. The van der Waals surface area contributed by atoms with Gasteiger partial charge in [-0.2, -0.15) is 0 Å². The molecule has 2 aromatic rings. The molecule has 0 atom stereocenters. The van der Waals surface area contributed by atoms with Gasteiger partial charge in [0, 0.05) is 27.3 Å². The zero-order valence-corrected chi connectivity index (χ0v) is 18.9. The average molecular weight is 439 g/mol. The lowest BCUT2D eigenvalue weighted by Crippen LogP contribution is -2.37. The van der Waals surface area contributed by atoms with Gasteiger partial charge in [0.25, 0.3) is 11.8 Å². The number of carbonyl (C=O) groups is 2. The Morgan fingerprint density at radius 3 is 2.06 bits per heavy atom. The van der Waals surface area contributed by atoms with Gasteiger partial charge in [0.1, 0.15) is 11.4 Å². The molecular weight excluding hydrogens is 408 g/mol. The molecule has 0 fully saturated rings. The lowest BCUT2D eigenvalue weighted by Gasteiger charge is -2.26. The molecule has 0 N–H and O–H groups in total. The maximum atomic E-state index is 13.8. The maximum Gasteiger partial charge on any atom is 0.282 e. The standard InChI is InChI=1S/C25H30N2O5/c1-4-16-32-21-13-9-8-12-20(21)27-24(28)22(19-10-6-5-7-11-19)23(25(27)29)26(14-17-30-2)15-18-31-3/h5-13H,4,14-18H2,1-3H3. The second-order valence-corrected chi connectivity index (χ2v) is 7.32. The van der Waals surface area contributed by atoms with E-state index in [2.05, 4.69) is 0 Å². The number of imide groups is 1. The van der Waals surface area contributed by atoms with Crippen molar-refractivity contribution in [2.75, 3.05) is 52.0 Å². The van der Waals surface area contributed by atoms with Crippen LogP contribution in [0.2, 0.25) is 0 Å². The first-order chi connectivity index (χ1) is 15.6. The van der Waals surface area contributed by atoms with Crippen LogP contribution >= 0.6 is 0 Å². The van der Waals surface area contributed by atoms with E-state index in [0.717, 1.165) is 6.42 Å². The molecule has 1 aliphatic rings. The summed E-state index contributed by atoms with van der Waals surface area (Å²) in [5.74, 6) is -0.248. The average Bonchev–Trinajstić information content (AvgIpc) is 3.08. The molecule has 1 heterocycles. The molecule has 2 aromatic carbocycles. The Bertz CT molecular complexity index is 950. The first-order valence-corrected chi connectivity index (χ1v) is 10.8. The summed E-state index contributed by atoms with van der Waals surface area (Å²) < 4.78 is 16.4. The monoisotopic (exact) mass is 438 g/mol. The summed E-state index contributed by atoms with van der Waals surface area (Å²) in [6.45, 7) is 4.22. The van der Waals surface area contributed by atoms with Crippen molar-refractivity contribution in [1.82, 2.24) is 4.90 Å². The van der Waals surface area contributed by atoms with E-state index in [1.807, 2.05) is 48.2 Å². The summed E-state index contributed by atoms with van der Waals surface area (Å²) in [5, 5.41) is 0. The van der Waals surface area contributed by atoms with Crippen molar-refractivity contribution in [3.8, 4) is 5.75 Å². The fourth-order valence-electron chi connectivity index (χ4n) is 3.61. The van der Waals surface area contributed by atoms with Gasteiger partial charge in [-0.05, 0) is 24.1 Å². The number of amides is 2. The van der Waals surface area contributed by atoms with Crippen molar-refractivity contribution in [2.24, 2.45) is 0 Å². The van der Waals surface area contributed by atoms with E-state index in [1.54, 1.807) is 32.4 Å². The van der Waals surface area contributed by atoms with Gasteiger partial charge in [-0.1, -0.05) is 49.4 Å². The number of benzene rings is 2. The molecule has 0 spiro atoms. The maximum absolute atomic E-state index is 13.8. The van der Waals surface area contributed by atoms with Crippen LogP contribution in [0.25, 0.3) is 5.57 Å². The van der Waals surface area contributed by atoms with Gasteiger partial charge in [0.15, 0.2) is 0 Å². The molecular formula is C25H30N2O5. The van der Waals surface area contributed by atoms with Crippen LogP contribution in [-0.2, 0) is 19.1 Å². The van der Waals surface area contributed by atoms with Crippen molar-refractivity contribution in [1.29, 1.82) is 0 Å². The van der Waals surface area contributed by atoms with Crippen LogP contribution in [0.4, 0.5) is 5.69 Å². The number of hydrogen-bond donors (Lipinski definition) is 0. The molecule has 0 bridgehead atoms. The summed E-state index contributed by atoms with van der Waals surface area (Å²) >= 11 is 0. The van der Waals surface area contributed by atoms with Crippen LogP contribution < -0.4 is 9.64 Å². The van der Waals surface area contributed by atoms with Gasteiger partial charge < -0.3 is 19.1 Å². The number of carbonyl (C=O) groups excluding carboxylic acids is 2. The molecule has 0 aromatic heterocycles. The third-order valence-corrected chi connectivity index (χ3v) is 5.14. The van der Waals surface area contributed by atoms with Crippen molar-refractivity contribution in [3.05, 3.63) is 65.9 Å². The third-order valence-electron chi connectivity index (χ3n) is 5.14. The summed E-state index contributed by atoms with van der Waals surface area (Å²) in [7, 11) is 3.21. The summed E-state index contributed by atoms with van der Waals surface area (Å²) in [4.78, 5) is 30.6. The Kier molecular flexibility index (Phi) is 8.41. The number of hydrogen-bond acceptors (Lipinski definition) is 6. The number of methoxy groups -OCH3 is 2. The minimum atomic E-state index is -0.381. The lowest BCUT2D eigenvalue weighted by atomic mass is 10.0. The van der Waals surface area contributed by atoms with Crippen molar-refractivity contribution >= 4 is 23.1 Å². The molecule has 0 aliphatic carbocycles. The van der Waals surface area contributed by atoms with Gasteiger partial charge in [-0.25, -0.2) is 4.90 Å². The van der Waals surface area contributed by atoms with Gasteiger partial charge in [-0.3, -0.25) is 9.59 Å². The van der Waals surface area contributed by atoms with E-state index in [9.17, 15) is 9.59 Å². The van der Waals surface area contributed by atoms with Crippen molar-refractivity contribution in [3.63, 3.8) is 0 Å². The molecule has 32 heavy (non-hydrogen) atoms. The predicted octanol–water partition coefficient (Wildman–Crippen LogP) is 3.35. The Morgan fingerprint density at radius 2 is 1.44 bits per heavy atom. The Balaban J connectivity index is 2.10. The van der Waals surface area contributed by atoms with Crippen LogP contribution in [0.5, 0.6) is 5.75 Å². The molecule has 0 radical (unpaired) electrons. The normalized spacial score (nSPS) is 13.8. The van der Waals surface area contributed by atoms with E-state index >= 15 is 0 Å². The molecule has 3 rings (SSSR count). The minimum absolute atomic E-state index is 0.348. The van der Waals surface area contributed by atoms with Crippen LogP contribution in [-0.4, -0.2) is 63.8 Å². The first-order valence-electron chi connectivity index (χ1n) is 10.8. The molecule has 2 amide bonds. The van der Waals surface area contributed by atoms with Crippen LogP contribution in [0.15, 0.2) is 60.3 Å². The number of rotatable bonds is 12. The van der Waals surface area contributed by atoms with Gasteiger partial charge in [0.05, 0.1) is 31.1 Å². The van der Waals surface area contributed by atoms with Gasteiger partial charge in [0.2, 0.25) is 0 Å². The second kappa shape index (κ2) is 11.5. The van der Waals surface area contributed by atoms with E-state index in [0.29, 0.717) is 61.2 Å². The quantitative estimate of drug-likeness (QED) is 0.474. The SMILES string of the molecule is CCCOc1ccccc1N1C(=O)C(c2ccccc2)=C(N(CCOC)CCOC)C1=O. The van der Waals surface area contributed by atoms with Gasteiger partial charge in [-0.15, -0.1) is 0 Å². The van der Waals surface area contributed by atoms with Crippen LogP contribution in [0.1, 0.15) is 18.9 Å². The number of ether oxygens (including phenoxy) is 3. The Morgan fingerprint density at radius 1 is 0.812 bits per heavy atom. The highest BCUT2D eigenvalue weighted by Gasteiger charge is 2.43. The fraction of sp³-hybridized carbons (Fsp3) is 0.360. The molecule has 0 saturated heterocycles. The number of anilines is 1. The minimum Gasteiger partial charge on any atom is -0.491 e. The van der Waals surface area contributed by atoms with Crippen molar-refractivity contribution < 1.29 is 23.8 Å². The molecule has 0 saturated carbocycles. The molecule has 0 unspecified atom stereocenters. The fourth-order valence-corrected chi connectivity index (χ4v) is 3.61. The van der Waals surface area contributed by atoms with E-state index in [-0.39, 0.29) is 11.8 Å². The highest BCUT2D eigenvalue weighted by Crippen LogP contribution is 2.38. The predicted molar refractivity (Wildman–Crippen MR) is 123 cm³/mol. The third kappa shape index (κ3) is 5.00. The van der Waals surface area contributed by atoms with Crippen LogP contribution in [0, 0.1) is 0 Å². The lowest BCUT2D eigenvalue weighted by molar-refractivity contribution is -0.120. The van der Waals surface area contributed by atoms with E-state index in [4.69, 9.17) is 14.2 Å². The summed E-state index contributed by atoms with van der Waals surface area (Å²) in [6.07, 6.45) is 0.816. The highest BCUT2D eigenvalue weighted by molar-refractivity contribution is 6.45. The second-order valence-electron chi connectivity index (χ2n) is 7.32. The Hall–Kier alpha value is -3.16. The molecule has 7 heteroatoms. The number of nitrogens with zero attached hydrogens (tertiary/aromatic N) is 2.